The lowest BCUT2D eigenvalue weighted by molar-refractivity contribution is 0.546. The van der Waals surface area contributed by atoms with Crippen LogP contribution in [0.2, 0.25) is 0 Å². The number of nitrogens with two attached hydrogens (primary N) is 1. The molecule has 0 spiro atoms. The molecule has 1 unspecified atom stereocenters. The number of hydrogen-bond acceptors (Lipinski definition) is 3. The monoisotopic (exact) mass is 335 g/mol. The Balaban J connectivity index is 2.17. The summed E-state index contributed by atoms with van der Waals surface area (Å²) in [6.07, 6.45) is 0.850. The molecular weight excluding hydrogens is 322 g/mol. The van der Waals surface area contributed by atoms with Crippen molar-refractivity contribution in [2.24, 2.45) is 5.73 Å². The summed E-state index contributed by atoms with van der Waals surface area (Å²) in [6, 6.07) is 10.0. The summed E-state index contributed by atoms with van der Waals surface area (Å²) in [5.74, 6) is 0.982. The van der Waals surface area contributed by atoms with Crippen molar-refractivity contribution in [1.82, 2.24) is 0 Å². The molecule has 0 radical (unpaired) electrons. The molecule has 98 valence electrons. The van der Waals surface area contributed by atoms with Gasteiger partial charge < -0.3 is 10.2 Å². The van der Waals surface area contributed by atoms with Gasteiger partial charge in [-0.25, -0.2) is 0 Å². The number of thiophene rings is 1. The van der Waals surface area contributed by atoms with Crippen LogP contribution in [0.3, 0.4) is 0 Å². The van der Waals surface area contributed by atoms with Gasteiger partial charge in [-0.3, -0.25) is 0 Å². The standard InChI is InChI=1S/C15H14BrNOS/c1-2-11-14(10-5-3-4-6-12(10)18-11)15(17)9-7-13(16)19-8-9/h3-8,15H,2,17H2,1H3. The Hall–Kier alpha value is -1.10. The quantitative estimate of drug-likeness (QED) is 0.741. The van der Waals surface area contributed by atoms with E-state index < -0.39 is 0 Å². The summed E-state index contributed by atoms with van der Waals surface area (Å²) >= 11 is 5.14. The summed E-state index contributed by atoms with van der Waals surface area (Å²) in [6.45, 7) is 2.09. The van der Waals surface area contributed by atoms with Crippen LogP contribution in [0.25, 0.3) is 11.0 Å². The van der Waals surface area contributed by atoms with Gasteiger partial charge in [0.1, 0.15) is 11.3 Å². The smallest absolute Gasteiger partial charge is 0.134 e. The average molecular weight is 336 g/mol. The Morgan fingerprint density at radius 3 is 2.84 bits per heavy atom. The van der Waals surface area contributed by atoms with Gasteiger partial charge >= 0.3 is 0 Å². The third kappa shape index (κ3) is 2.24. The van der Waals surface area contributed by atoms with Crippen molar-refractivity contribution in [3.8, 4) is 0 Å². The SMILES string of the molecule is CCc1oc2ccccc2c1C(N)c1csc(Br)c1. The van der Waals surface area contributed by atoms with Crippen LogP contribution in [0, 0.1) is 0 Å². The van der Waals surface area contributed by atoms with E-state index in [0.717, 1.165) is 38.1 Å². The van der Waals surface area contributed by atoms with E-state index in [1.165, 1.54) is 0 Å². The number of fused-ring (bicyclic) bond motifs is 1. The van der Waals surface area contributed by atoms with Crippen molar-refractivity contribution in [3.63, 3.8) is 0 Å². The first-order valence-corrected chi connectivity index (χ1v) is 7.87. The van der Waals surface area contributed by atoms with Crippen LogP contribution in [0.5, 0.6) is 0 Å². The first-order chi connectivity index (χ1) is 9.20. The normalized spacial score (nSPS) is 13.0. The molecule has 3 rings (SSSR count). The predicted molar refractivity (Wildman–Crippen MR) is 83.6 cm³/mol. The van der Waals surface area contributed by atoms with E-state index in [9.17, 15) is 0 Å². The van der Waals surface area contributed by atoms with Crippen molar-refractivity contribution in [1.29, 1.82) is 0 Å². The first kappa shape index (κ1) is 12.9. The maximum absolute atomic E-state index is 6.44. The van der Waals surface area contributed by atoms with Crippen molar-refractivity contribution in [2.75, 3.05) is 0 Å². The summed E-state index contributed by atoms with van der Waals surface area (Å²) in [7, 11) is 0. The number of halogens is 1. The Bertz CT molecular complexity index is 716. The lowest BCUT2D eigenvalue weighted by Gasteiger charge is -2.10. The highest BCUT2D eigenvalue weighted by Crippen LogP contribution is 2.35. The van der Waals surface area contributed by atoms with Crippen molar-refractivity contribution >= 4 is 38.2 Å². The highest BCUT2D eigenvalue weighted by Gasteiger charge is 2.20. The maximum atomic E-state index is 6.44. The highest BCUT2D eigenvalue weighted by molar-refractivity contribution is 9.11. The molecule has 1 aromatic carbocycles. The molecule has 3 aromatic rings. The van der Waals surface area contributed by atoms with E-state index in [1.807, 2.05) is 18.2 Å². The van der Waals surface area contributed by atoms with Crippen LogP contribution in [0.4, 0.5) is 0 Å². The first-order valence-electron chi connectivity index (χ1n) is 6.20. The van der Waals surface area contributed by atoms with E-state index in [2.05, 4.69) is 40.4 Å². The molecular formula is C15H14BrNOS. The number of benzene rings is 1. The Morgan fingerprint density at radius 1 is 1.37 bits per heavy atom. The van der Waals surface area contributed by atoms with Gasteiger partial charge in [0.15, 0.2) is 0 Å². The van der Waals surface area contributed by atoms with E-state index in [1.54, 1.807) is 11.3 Å². The minimum atomic E-state index is -0.138. The molecule has 0 bridgehead atoms. The van der Waals surface area contributed by atoms with E-state index in [0.29, 0.717) is 0 Å². The van der Waals surface area contributed by atoms with Gasteiger partial charge in [-0.1, -0.05) is 25.1 Å². The Kier molecular flexibility index (Phi) is 3.48. The largest absolute Gasteiger partial charge is 0.461 e. The van der Waals surface area contributed by atoms with Crippen molar-refractivity contribution in [3.05, 3.63) is 56.4 Å². The van der Waals surface area contributed by atoms with Gasteiger partial charge in [0, 0.05) is 17.4 Å². The molecule has 19 heavy (non-hydrogen) atoms. The van der Waals surface area contributed by atoms with Gasteiger partial charge in [0.25, 0.3) is 0 Å². The Morgan fingerprint density at radius 2 is 2.16 bits per heavy atom. The second kappa shape index (κ2) is 5.12. The van der Waals surface area contributed by atoms with Crippen molar-refractivity contribution < 1.29 is 4.42 Å². The van der Waals surface area contributed by atoms with Crippen LogP contribution < -0.4 is 5.73 Å². The van der Waals surface area contributed by atoms with Crippen LogP contribution in [0.15, 0.2) is 43.9 Å². The fourth-order valence-corrected chi connectivity index (χ4v) is 3.58. The number of aryl methyl sites for hydroxylation is 1. The molecule has 0 fully saturated rings. The van der Waals surface area contributed by atoms with E-state index in [4.69, 9.17) is 10.2 Å². The lowest BCUT2D eigenvalue weighted by Crippen LogP contribution is -2.12. The molecule has 2 N–H and O–H groups in total. The molecule has 0 saturated carbocycles. The minimum absolute atomic E-state index is 0.138. The van der Waals surface area contributed by atoms with Crippen molar-refractivity contribution in [2.45, 2.75) is 19.4 Å². The van der Waals surface area contributed by atoms with E-state index in [-0.39, 0.29) is 6.04 Å². The summed E-state index contributed by atoms with van der Waals surface area (Å²) in [5, 5.41) is 3.21. The van der Waals surface area contributed by atoms with Crippen LogP contribution >= 0.6 is 27.3 Å². The third-order valence-electron chi connectivity index (χ3n) is 3.29. The molecule has 0 aliphatic rings. The zero-order valence-corrected chi connectivity index (χ0v) is 12.9. The van der Waals surface area contributed by atoms with Crippen LogP contribution in [-0.2, 0) is 6.42 Å². The molecule has 2 heterocycles. The van der Waals surface area contributed by atoms with Gasteiger partial charge in [-0.2, -0.15) is 0 Å². The van der Waals surface area contributed by atoms with Gasteiger partial charge in [-0.15, -0.1) is 11.3 Å². The van der Waals surface area contributed by atoms with Crippen LogP contribution in [0.1, 0.15) is 29.9 Å². The fourth-order valence-electron chi connectivity index (χ4n) is 2.37. The predicted octanol–water partition coefficient (Wildman–Crippen LogP) is 4.87. The molecule has 2 aromatic heterocycles. The molecule has 0 aliphatic heterocycles. The number of furan rings is 1. The molecule has 4 heteroatoms. The zero-order valence-electron chi connectivity index (χ0n) is 10.5. The number of rotatable bonds is 3. The topological polar surface area (TPSA) is 39.2 Å². The molecule has 0 saturated heterocycles. The summed E-state index contributed by atoms with van der Waals surface area (Å²) in [5.41, 5.74) is 9.60. The molecule has 1 atom stereocenters. The lowest BCUT2D eigenvalue weighted by atomic mass is 9.98. The number of hydrogen-bond donors (Lipinski definition) is 1. The van der Waals surface area contributed by atoms with Gasteiger partial charge in [-0.05, 0) is 39.0 Å². The summed E-state index contributed by atoms with van der Waals surface area (Å²) < 4.78 is 7.01. The average Bonchev–Trinajstić information content (AvgIpc) is 3.01. The Labute approximate surface area is 124 Å². The summed E-state index contributed by atoms with van der Waals surface area (Å²) in [4.78, 5) is 0. The fraction of sp³-hybridized carbons (Fsp3) is 0.200. The second-order valence-electron chi connectivity index (χ2n) is 4.45. The maximum Gasteiger partial charge on any atom is 0.134 e. The van der Waals surface area contributed by atoms with Gasteiger partial charge in [0.2, 0.25) is 0 Å². The molecule has 0 aliphatic carbocycles. The van der Waals surface area contributed by atoms with Gasteiger partial charge in [0.05, 0.1) is 9.83 Å². The van der Waals surface area contributed by atoms with Crippen LogP contribution in [-0.4, -0.2) is 0 Å². The second-order valence-corrected chi connectivity index (χ2v) is 6.74. The molecule has 0 amide bonds. The highest BCUT2D eigenvalue weighted by atomic mass is 79.9. The van der Waals surface area contributed by atoms with E-state index >= 15 is 0 Å². The zero-order chi connectivity index (χ0) is 13.4. The number of para-hydroxylation sites is 1. The third-order valence-corrected chi connectivity index (χ3v) is 4.81. The minimum Gasteiger partial charge on any atom is -0.461 e. The molecule has 2 nitrogen and oxygen atoms in total.